The van der Waals surface area contributed by atoms with Crippen LogP contribution in [0.25, 0.3) is 16.2 Å². The summed E-state index contributed by atoms with van der Waals surface area (Å²) in [4.78, 5) is 16.8. The molecule has 1 saturated heterocycles. The van der Waals surface area contributed by atoms with Gasteiger partial charge in [0, 0.05) is 6.54 Å². The maximum absolute atomic E-state index is 14.5. The molecule has 0 bridgehead atoms. The molecule has 0 spiro atoms. The van der Waals surface area contributed by atoms with E-state index >= 15 is 0 Å². The van der Waals surface area contributed by atoms with E-state index in [1.165, 1.54) is 20.0 Å². The molecule has 1 unspecified atom stereocenters. The minimum atomic E-state index is -0.683. The van der Waals surface area contributed by atoms with Crippen molar-refractivity contribution in [3.05, 3.63) is 23.7 Å². The Morgan fingerprint density at radius 2 is 1.89 bits per heavy atom. The van der Waals surface area contributed by atoms with Crippen molar-refractivity contribution in [2.75, 3.05) is 38.3 Å². The van der Waals surface area contributed by atoms with Gasteiger partial charge in [0.15, 0.2) is 11.0 Å². The first-order chi connectivity index (χ1) is 16.5. The van der Waals surface area contributed by atoms with Crippen LogP contribution >= 0.6 is 11.6 Å². The number of halogens is 3. The molecule has 4 heterocycles. The van der Waals surface area contributed by atoms with Crippen molar-refractivity contribution in [1.82, 2.24) is 15.0 Å². The van der Waals surface area contributed by atoms with Gasteiger partial charge in [-0.15, -0.1) is 13.1 Å². The summed E-state index contributed by atoms with van der Waals surface area (Å²) in [7, 11) is 1.46. The predicted octanol–water partition coefficient (Wildman–Crippen LogP) is 2.75. The quantitative estimate of drug-likeness (QED) is 0.278. The fourth-order valence-corrected chi connectivity index (χ4v) is 4.08. The maximum atomic E-state index is 14.5. The molecule has 36 heavy (non-hydrogen) atoms. The molecule has 12 heteroatoms. The molecule has 2 radical (unpaired) electrons. The molecule has 0 amide bonds. The van der Waals surface area contributed by atoms with Crippen LogP contribution in [0.4, 0.5) is 14.6 Å². The van der Waals surface area contributed by atoms with Crippen LogP contribution in [0.1, 0.15) is 45.4 Å². The molecule has 3 aliphatic rings. The van der Waals surface area contributed by atoms with Crippen LogP contribution in [0.5, 0.6) is 11.9 Å². The topological polar surface area (TPSA) is 74.5 Å². The number of rotatable bonds is 3. The summed E-state index contributed by atoms with van der Waals surface area (Å²) in [6, 6.07) is 0.184. The van der Waals surface area contributed by atoms with E-state index in [1.54, 1.807) is 23.0 Å². The minimum absolute atomic E-state index is 0. The van der Waals surface area contributed by atoms with Crippen LogP contribution in [-0.4, -0.2) is 83.5 Å². The maximum Gasteiger partial charge on any atom is 1.00 e. The van der Waals surface area contributed by atoms with Crippen LogP contribution in [0.2, 0.25) is 10.0 Å². The van der Waals surface area contributed by atoms with Gasteiger partial charge in [0.05, 0.1) is 19.3 Å². The number of hydrogen-bond donors (Lipinski definition) is 0. The second-order valence-corrected chi connectivity index (χ2v) is 8.97. The standard InChI is InChI=1S/C15H16ClFN4O2.C7H13FN.2CH3.Rb.Sb/c1-7-6-23-14-9-11(10(17)12(16)19-14)18-15(22-2)20-13(9)21(7)5-8-3-4-8;8-7-4-2-1-3-5-9-6-7;;;;/h7-8H,3-6H2,1-2H3;7H,1-6H2;2*1H3;;/q;-1;;-1;+1;/t7-;;;;;/m0...../s1. The molecule has 1 saturated carbocycles. The number of methoxy groups -OCH3 is 1. The molecule has 2 aromatic heterocycles. The number of aromatic nitrogens is 3. The fraction of sp³-hybridized carbons (Fsp3) is 0.667. The van der Waals surface area contributed by atoms with Crippen molar-refractivity contribution >= 4 is 51.3 Å². The first-order valence-electron chi connectivity index (χ1n) is 11.7. The summed E-state index contributed by atoms with van der Waals surface area (Å²) in [5.41, 5.74) is 0.0803. The summed E-state index contributed by atoms with van der Waals surface area (Å²) in [6.07, 6.45) is 5.85. The van der Waals surface area contributed by atoms with Crippen molar-refractivity contribution < 1.29 is 76.4 Å². The van der Waals surface area contributed by atoms with Gasteiger partial charge in [0.2, 0.25) is 5.88 Å². The van der Waals surface area contributed by atoms with Crippen molar-refractivity contribution in [3.8, 4) is 11.9 Å². The molecule has 5 rings (SSSR count). The number of anilines is 1. The van der Waals surface area contributed by atoms with E-state index in [2.05, 4.69) is 30.0 Å². The average Bonchev–Trinajstić information content (AvgIpc) is 3.67. The van der Waals surface area contributed by atoms with E-state index in [-0.39, 0.29) is 94.2 Å². The van der Waals surface area contributed by atoms with Gasteiger partial charge >= 0.3 is 92.1 Å². The Balaban J connectivity index is 0.000000425. The summed E-state index contributed by atoms with van der Waals surface area (Å²) in [5, 5.41) is 4.23. The molecular formula is C24H35ClF2N5O2RbSb-. The van der Waals surface area contributed by atoms with Crippen molar-refractivity contribution in [1.29, 1.82) is 0 Å². The second-order valence-electron chi connectivity index (χ2n) is 8.61. The van der Waals surface area contributed by atoms with Gasteiger partial charge in [-0.3, -0.25) is 0 Å². The van der Waals surface area contributed by atoms with Crippen LogP contribution < -0.4 is 72.6 Å². The van der Waals surface area contributed by atoms with Gasteiger partial charge in [-0.1, -0.05) is 30.9 Å². The van der Waals surface area contributed by atoms with Crippen molar-refractivity contribution in [2.24, 2.45) is 5.92 Å². The Hall–Kier alpha value is 0.623. The Kier molecular flexibility index (Phi) is 16.7. The van der Waals surface area contributed by atoms with Crippen molar-refractivity contribution in [2.45, 2.75) is 62.5 Å². The van der Waals surface area contributed by atoms with Crippen molar-refractivity contribution in [3.63, 3.8) is 0 Å². The van der Waals surface area contributed by atoms with Gasteiger partial charge in [0.1, 0.15) is 23.3 Å². The fourth-order valence-electron chi connectivity index (χ4n) is 3.91. The van der Waals surface area contributed by atoms with E-state index in [1.807, 2.05) is 6.92 Å². The number of alkyl halides is 1. The molecule has 196 valence electrons. The number of pyridine rings is 1. The molecule has 2 fully saturated rings. The summed E-state index contributed by atoms with van der Waals surface area (Å²) in [5.74, 6) is 0.827. The Labute approximate surface area is 281 Å². The third kappa shape index (κ3) is 9.37. The van der Waals surface area contributed by atoms with E-state index in [0.717, 1.165) is 38.8 Å². The minimum Gasteiger partial charge on any atom is 1.00 e. The Morgan fingerprint density at radius 1 is 1.17 bits per heavy atom. The molecular weight excluding hydrogens is 671 g/mol. The third-order valence-electron chi connectivity index (χ3n) is 5.93. The molecule has 1 aliphatic carbocycles. The largest absolute Gasteiger partial charge is 1.00 e. The number of hydrogen-bond acceptors (Lipinski definition) is 6. The molecule has 7 nitrogen and oxygen atoms in total. The van der Waals surface area contributed by atoms with Gasteiger partial charge in [-0.25, -0.2) is 8.78 Å². The molecule has 0 aromatic carbocycles. The first-order valence-corrected chi connectivity index (χ1v) is 14.6. The number of ether oxygens (including phenoxy) is 2. The smallest absolute Gasteiger partial charge is 1.00 e. The average molecular weight is 706 g/mol. The SMILES string of the molecule is COc1nc2c3c(nc(Cl)c(F)c3n1)OC[C@H](C)N2CC1CC1.FC1CCCCC[N-]C1.[CH3-].[CH3][Sb].[Rb+]. The second kappa shape index (κ2) is 17.3. The molecule has 2 aromatic rings. The normalized spacial score (nSPS) is 20.9. The Morgan fingerprint density at radius 3 is 2.56 bits per heavy atom. The predicted molar refractivity (Wildman–Crippen MR) is 138 cm³/mol. The van der Waals surface area contributed by atoms with Gasteiger partial charge in [-0.2, -0.15) is 15.0 Å². The van der Waals surface area contributed by atoms with Gasteiger partial charge < -0.3 is 27.1 Å². The monoisotopic (exact) mass is 704 g/mol. The zero-order valence-electron chi connectivity index (χ0n) is 21.9. The van der Waals surface area contributed by atoms with Crippen LogP contribution in [0, 0.1) is 19.2 Å². The van der Waals surface area contributed by atoms with Crippen LogP contribution in [0.15, 0.2) is 0 Å². The number of nitrogens with zero attached hydrogens (tertiary/aromatic N) is 5. The third-order valence-corrected chi connectivity index (χ3v) is 6.18. The van der Waals surface area contributed by atoms with E-state index in [9.17, 15) is 8.78 Å². The molecule has 2 atom stereocenters. The van der Waals surface area contributed by atoms with E-state index in [4.69, 9.17) is 21.1 Å². The zero-order valence-corrected chi connectivity index (χ0v) is 30.2. The first kappa shape index (κ1) is 34.7. The zero-order chi connectivity index (χ0) is 24.7. The van der Waals surface area contributed by atoms with Crippen LogP contribution in [0.3, 0.4) is 0 Å². The summed E-state index contributed by atoms with van der Waals surface area (Å²) in [6.45, 7) is 4.64. The van der Waals surface area contributed by atoms with Gasteiger partial charge in [-0.05, 0) is 32.1 Å². The van der Waals surface area contributed by atoms with E-state index < -0.39 is 12.0 Å². The molecule has 2 aliphatic heterocycles. The van der Waals surface area contributed by atoms with E-state index in [0.29, 0.717) is 30.3 Å². The summed E-state index contributed by atoms with van der Waals surface area (Å²) >= 11 is 7.63. The van der Waals surface area contributed by atoms with Crippen LogP contribution in [-0.2, 0) is 0 Å². The Bertz CT molecular complexity index is 953. The summed E-state index contributed by atoms with van der Waals surface area (Å²) < 4.78 is 37.9. The van der Waals surface area contributed by atoms with Gasteiger partial charge in [0.25, 0.3) is 0 Å². The molecule has 0 N–H and O–H groups in total.